The van der Waals surface area contributed by atoms with Crippen LogP contribution in [0.5, 0.6) is 0 Å². The van der Waals surface area contributed by atoms with Crippen LogP contribution in [0.3, 0.4) is 0 Å². The molecule has 1 aliphatic heterocycles. The Bertz CT molecular complexity index is 952. The van der Waals surface area contributed by atoms with E-state index < -0.39 is 20.5 Å². The Morgan fingerprint density at radius 2 is 1.93 bits per heavy atom. The van der Waals surface area contributed by atoms with Crippen LogP contribution in [-0.2, 0) is 9.84 Å². The Kier molecular flexibility index (Phi) is 6.34. The molecule has 0 saturated carbocycles. The van der Waals surface area contributed by atoms with Crippen LogP contribution in [0.1, 0.15) is 16.8 Å². The van der Waals surface area contributed by atoms with E-state index in [1.165, 1.54) is 12.1 Å². The Morgan fingerprint density at radius 1 is 1.21 bits per heavy atom. The van der Waals surface area contributed by atoms with Gasteiger partial charge < -0.3 is 10.2 Å². The molecule has 0 spiro atoms. The SMILES string of the molecule is O=C(NCC1CCN(c2cccc(Br)c2)C1)c1ccc(S(=O)(=O)C(F)F)cc1. The Morgan fingerprint density at radius 3 is 2.57 bits per heavy atom. The zero-order chi connectivity index (χ0) is 20.3. The molecule has 150 valence electrons. The number of nitrogens with one attached hydrogen (secondary N) is 1. The molecule has 1 heterocycles. The minimum atomic E-state index is -4.65. The van der Waals surface area contributed by atoms with E-state index in [0.29, 0.717) is 12.5 Å². The Balaban J connectivity index is 1.55. The van der Waals surface area contributed by atoms with Gasteiger partial charge in [0.25, 0.3) is 5.91 Å². The minimum absolute atomic E-state index is 0.232. The molecule has 2 aromatic rings. The lowest BCUT2D eigenvalue weighted by molar-refractivity contribution is 0.0948. The van der Waals surface area contributed by atoms with Crippen molar-refractivity contribution < 1.29 is 22.0 Å². The number of hydrogen-bond donors (Lipinski definition) is 1. The maximum absolute atomic E-state index is 12.6. The predicted octanol–water partition coefficient (Wildman–Crippen LogP) is 3.70. The molecule has 0 aliphatic carbocycles. The monoisotopic (exact) mass is 472 g/mol. The molecule has 1 atom stereocenters. The van der Waals surface area contributed by atoms with Crippen LogP contribution in [0.15, 0.2) is 57.9 Å². The Labute approximate surface area is 170 Å². The third-order valence-corrected chi connectivity index (χ3v) is 6.58. The van der Waals surface area contributed by atoms with Crippen molar-refractivity contribution in [3.63, 3.8) is 0 Å². The summed E-state index contributed by atoms with van der Waals surface area (Å²) in [4.78, 5) is 14.0. The highest BCUT2D eigenvalue weighted by Gasteiger charge is 2.27. The fraction of sp³-hybridized carbons (Fsp3) is 0.316. The van der Waals surface area contributed by atoms with E-state index in [9.17, 15) is 22.0 Å². The molecule has 3 rings (SSSR count). The molecule has 28 heavy (non-hydrogen) atoms. The molecule has 2 aromatic carbocycles. The number of hydrogen-bond acceptors (Lipinski definition) is 4. The van der Waals surface area contributed by atoms with E-state index in [0.717, 1.165) is 41.8 Å². The van der Waals surface area contributed by atoms with Crippen LogP contribution in [0.4, 0.5) is 14.5 Å². The third kappa shape index (κ3) is 4.70. The molecule has 1 N–H and O–H groups in total. The minimum Gasteiger partial charge on any atom is -0.371 e. The average molecular weight is 473 g/mol. The van der Waals surface area contributed by atoms with Crippen molar-refractivity contribution in [2.24, 2.45) is 5.92 Å². The number of alkyl halides is 2. The smallest absolute Gasteiger partial charge is 0.341 e. The van der Waals surface area contributed by atoms with Crippen molar-refractivity contribution in [3.05, 3.63) is 58.6 Å². The molecule has 0 bridgehead atoms. The molecule has 1 saturated heterocycles. The van der Waals surface area contributed by atoms with Gasteiger partial charge in [-0.2, -0.15) is 8.78 Å². The van der Waals surface area contributed by atoms with Crippen molar-refractivity contribution >= 4 is 37.4 Å². The first kappa shape index (κ1) is 20.7. The molecule has 9 heteroatoms. The summed E-state index contributed by atoms with van der Waals surface area (Å²) in [5, 5.41) is 2.83. The first-order valence-electron chi connectivity index (χ1n) is 8.68. The predicted molar refractivity (Wildman–Crippen MR) is 106 cm³/mol. The van der Waals surface area contributed by atoms with Crippen molar-refractivity contribution in [3.8, 4) is 0 Å². The fourth-order valence-corrected chi connectivity index (χ4v) is 4.25. The number of rotatable bonds is 6. The highest BCUT2D eigenvalue weighted by atomic mass is 79.9. The van der Waals surface area contributed by atoms with Gasteiger partial charge in [0.05, 0.1) is 4.90 Å². The van der Waals surface area contributed by atoms with Gasteiger partial charge in [0, 0.05) is 35.4 Å². The molecule has 5 nitrogen and oxygen atoms in total. The zero-order valence-corrected chi connectivity index (χ0v) is 17.2. The van der Waals surface area contributed by atoms with Crippen molar-refractivity contribution in [2.75, 3.05) is 24.5 Å². The lowest BCUT2D eigenvalue weighted by atomic mass is 10.1. The second kappa shape index (κ2) is 8.57. The summed E-state index contributed by atoms with van der Waals surface area (Å²) in [5.74, 6) is -3.55. The number of sulfone groups is 1. The maximum atomic E-state index is 12.6. The van der Waals surface area contributed by atoms with Gasteiger partial charge in [-0.15, -0.1) is 0 Å². The molecule has 1 unspecified atom stereocenters. The third-order valence-electron chi connectivity index (χ3n) is 4.69. The van der Waals surface area contributed by atoms with Gasteiger partial charge in [0.15, 0.2) is 0 Å². The number of anilines is 1. The number of halogens is 3. The van der Waals surface area contributed by atoms with Gasteiger partial charge in [-0.1, -0.05) is 22.0 Å². The van der Waals surface area contributed by atoms with Gasteiger partial charge >= 0.3 is 5.76 Å². The number of amides is 1. The first-order valence-corrected chi connectivity index (χ1v) is 11.0. The van der Waals surface area contributed by atoms with Crippen LogP contribution in [0, 0.1) is 5.92 Å². The highest BCUT2D eigenvalue weighted by Crippen LogP contribution is 2.26. The second-order valence-electron chi connectivity index (χ2n) is 6.62. The maximum Gasteiger partial charge on any atom is 0.341 e. The average Bonchev–Trinajstić information content (AvgIpc) is 3.15. The van der Waals surface area contributed by atoms with Crippen molar-refractivity contribution in [2.45, 2.75) is 17.1 Å². The molecule has 0 aromatic heterocycles. The van der Waals surface area contributed by atoms with E-state index in [-0.39, 0.29) is 11.5 Å². The fourth-order valence-electron chi connectivity index (χ4n) is 3.14. The molecule has 1 fully saturated rings. The normalized spacial score (nSPS) is 17.1. The topological polar surface area (TPSA) is 66.5 Å². The van der Waals surface area contributed by atoms with Crippen molar-refractivity contribution in [1.82, 2.24) is 5.32 Å². The van der Waals surface area contributed by atoms with Gasteiger partial charge in [-0.05, 0) is 54.8 Å². The number of benzene rings is 2. The van der Waals surface area contributed by atoms with Gasteiger partial charge in [-0.3, -0.25) is 4.79 Å². The lowest BCUT2D eigenvalue weighted by Gasteiger charge is -2.19. The van der Waals surface area contributed by atoms with E-state index in [2.05, 4.69) is 32.2 Å². The summed E-state index contributed by atoms with van der Waals surface area (Å²) in [7, 11) is -4.65. The van der Waals surface area contributed by atoms with E-state index >= 15 is 0 Å². The van der Waals surface area contributed by atoms with Crippen LogP contribution < -0.4 is 10.2 Å². The summed E-state index contributed by atoms with van der Waals surface area (Å²) in [6.45, 7) is 2.21. The number of nitrogens with zero attached hydrogens (tertiary/aromatic N) is 1. The molecular weight excluding hydrogens is 454 g/mol. The largest absolute Gasteiger partial charge is 0.371 e. The summed E-state index contributed by atoms with van der Waals surface area (Å²) < 4.78 is 49.0. The van der Waals surface area contributed by atoms with Gasteiger partial charge in [0.2, 0.25) is 9.84 Å². The number of carbonyl (C=O) groups is 1. The van der Waals surface area contributed by atoms with E-state index in [1.54, 1.807) is 0 Å². The van der Waals surface area contributed by atoms with E-state index in [4.69, 9.17) is 0 Å². The summed E-state index contributed by atoms with van der Waals surface area (Å²) >= 11 is 3.46. The van der Waals surface area contributed by atoms with Crippen LogP contribution in [0.25, 0.3) is 0 Å². The molecule has 1 aliphatic rings. The second-order valence-corrected chi connectivity index (χ2v) is 9.45. The number of carbonyl (C=O) groups excluding carboxylic acids is 1. The van der Waals surface area contributed by atoms with Crippen LogP contribution in [-0.4, -0.2) is 39.7 Å². The van der Waals surface area contributed by atoms with Crippen LogP contribution in [0.2, 0.25) is 0 Å². The summed E-state index contributed by atoms with van der Waals surface area (Å²) in [6, 6.07) is 12.6. The molecular formula is C19H19BrF2N2O3S. The Hall–Kier alpha value is -2.00. The summed E-state index contributed by atoms with van der Waals surface area (Å²) in [6.07, 6.45) is 0.943. The molecule has 1 amide bonds. The van der Waals surface area contributed by atoms with Crippen molar-refractivity contribution in [1.29, 1.82) is 0 Å². The van der Waals surface area contributed by atoms with Gasteiger partial charge in [0.1, 0.15) is 0 Å². The lowest BCUT2D eigenvalue weighted by Crippen LogP contribution is -2.31. The molecule has 0 radical (unpaired) electrons. The summed E-state index contributed by atoms with van der Waals surface area (Å²) in [5.41, 5.74) is 1.36. The zero-order valence-electron chi connectivity index (χ0n) is 14.8. The standard InChI is InChI=1S/C19H19BrF2N2O3S/c20-15-2-1-3-16(10-15)24-9-8-13(12-24)11-23-18(25)14-4-6-17(7-5-14)28(26,27)19(21)22/h1-7,10,13,19H,8-9,11-12H2,(H,23,25). The van der Waals surface area contributed by atoms with E-state index in [1.807, 2.05) is 18.2 Å². The highest BCUT2D eigenvalue weighted by molar-refractivity contribution is 9.10. The van der Waals surface area contributed by atoms with Crippen LogP contribution >= 0.6 is 15.9 Å². The quantitative estimate of drug-likeness (QED) is 0.695. The first-order chi connectivity index (χ1) is 13.3. The van der Waals surface area contributed by atoms with Gasteiger partial charge in [-0.25, -0.2) is 8.42 Å².